The van der Waals surface area contributed by atoms with E-state index in [1.165, 1.54) is 24.3 Å². The summed E-state index contributed by atoms with van der Waals surface area (Å²) in [6.45, 7) is 1.13. The second-order valence-corrected chi connectivity index (χ2v) is 6.13. The Labute approximate surface area is 155 Å². The fraction of sp³-hybridized carbons (Fsp3) is 0.250. The molecule has 27 heavy (non-hydrogen) atoms. The molecule has 1 fully saturated rings. The Hall–Kier alpha value is -3.22. The zero-order valence-electron chi connectivity index (χ0n) is 14.6. The number of para-hydroxylation sites is 1. The molecule has 0 radical (unpaired) electrons. The standard InChI is InChI=1S/C20H19FN2O4/c21-15-9-7-14(8-10-15)19(25)22-17-5-2-1-4-16(17)20(26)27-13-12-23-11-3-6-18(23)24/h1-2,4-5,7-10H,3,6,11-13H2,(H,22,25). The van der Waals surface area contributed by atoms with E-state index in [0.717, 1.165) is 6.42 Å². The fourth-order valence-electron chi connectivity index (χ4n) is 2.83. The number of hydrogen-bond acceptors (Lipinski definition) is 4. The number of hydrogen-bond donors (Lipinski definition) is 1. The van der Waals surface area contributed by atoms with Crippen molar-refractivity contribution in [3.05, 3.63) is 65.5 Å². The van der Waals surface area contributed by atoms with Gasteiger partial charge in [-0.15, -0.1) is 0 Å². The van der Waals surface area contributed by atoms with E-state index >= 15 is 0 Å². The van der Waals surface area contributed by atoms with Crippen molar-refractivity contribution < 1.29 is 23.5 Å². The molecular formula is C20H19FN2O4. The minimum absolute atomic E-state index is 0.0676. The van der Waals surface area contributed by atoms with Gasteiger partial charge in [0.25, 0.3) is 5.91 Å². The minimum Gasteiger partial charge on any atom is -0.460 e. The largest absolute Gasteiger partial charge is 0.460 e. The second kappa shape index (κ2) is 8.44. The smallest absolute Gasteiger partial charge is 0.340 e. The quantitative estimate of drug-likeness (QED) is 0.794. The summed E-state index contributed by atoms with van der Waals surface area (Å²) in [7, 11) is 0. The minimum atomic E-state index is -0.586. The molecule has 0 saturated carbocycles. The van der Waals surface area contributed by atoms with Crippen LogP contribution in [0.25, 0.3) is 0 Å². The number of carbonyl (C=O) groups excluding carboxylic acids is 3. The number of ether oxygens (including phenoxy) is 1. The molecule has 1 aliphatic rings. The summed E-state index contributed by atoms with van der Waals surface area (Å²) < 4.78 is 18.2. The molecule has 2 aromatic rings. The molecule has 2 aromatic carbocycles. The van der Waals surface area contributed by atoms with Crippen LogP contribution in [-0.4, -0.2) is 42.4 Å². The van der Waals surface area contributed by atoms with Crippen molar-refractivity contribution in [3.63, 3.8) is 0 Å². The number of nitrogens with zero attached hydrogens (tertiary/aromatic N) is 1. The molecular weight excluding hydrogens is 351 g/mol. The molecule has 0 aromatic heterocycles. The number of anilines is 1. The molecule has 3 rings (SSSR count). The van der Waals surface area contributed by atoms with Gasteiger partial charge in [-0.05, 0) is 42.8 Å². The predicted molar refractivity (Wildman–Crippen MR) is 96.9 cm³/mol. The van der Waals surface area contributed by atoms with E-state index in [1.807, 2.05) is 0 Å². The lowest BCUT2D eigenvalue weighted by Gasteiger charge is -2.16. The van der Waals surface area contributed by atoms with Gasteiger partial charge in [-0.3, -0.25) is 9.59 Å². The molecule has 1 N–H and O–H groups in total. The first kappa shape index (κ1) is 18.6. The number of rotatable bonds is 6. The normalized spacial score (nSPS) is 13.5. The summed E-state index contributed by atoms with van der Waals surface area (Å²) in [5.74, 6) is -1.42. The van der Waals surface area contributed by atoms with Gasteiger partial charge in [0.05, 0.1) is 17.8 Å². The van der Waals surface area contributed by atoms with Crippen molar-refractivity contribution in [1.82, 2.24) is 4.90 Å². The SMILES string of the molecule is O=C(Nc1ccccc1C(=O)OCCN1CCCC1=O)c1ccc(F)cc1. The van der Waals surface area contributed by atoms with Crippen molar-refractivity contribution in [2.45, 2.75) is 12.8 Å². The third-order valence-electron chi connectivity index (χ3n) is 4.27. The average Bonchev–Trinajstić information content (AvgIpc) is 3.07. The summed E-state index contributed by atoms with van der Waals surface area (Å²) in [5, 5.41) is 2.64. The highest BCUT2D eigenvalue weighted by Crippen LogP contribution is 2.18. The Balaban J connectivity index is 1.62. The zero-order valence-corrected chi connectivity index (χ0v) is 14.6. The summed E-state index contributed by atoms with van der Waals surface area (Å²) in [4.78, 5) is 37.9. The number of esters is 1. The van der Waals surface area contributed by atoms with Crippen LogP contribution < -0.4 is 5.32 Å². The molecule has 0 aliphatic carbocycles. The van der Waals surface area contributed by atoms with Crippen LogP contribution in [0, 0.1) is 5.82 Å². The Kier molecular flexibility index (Phi) is 5.80. The van der Waals surface area contributed by atoms with Gasteiger partial charge in [-0.2, -0.15) is 0 Å². The van der Waals surface area contributed by atoms with Gasteiger partial charge in [-0.1, -0.05) is 12.1 Å². The van der Waals surface area contributed by atoms with E-state index in [1.54, 1.807) is 29.2 Å². The third kappa shape index (κ3) is 4.69. The maximum absolute atomic E-state index is 13.0. The number of nitrogens with one attached hydrogen (secondary N) is 1. The first-order valence-corrected chi connectivity index (χ1v) is 8.65. The van der Waals surface area contributed by atoms with Crippen LogP contribution in [0.4, 0.5) is 10.1 Å². The number of benzene rings is 2. The van der Waals surface area contributed by atoms with Crippen molar-refractivity contribution in [3.8, 4) is 0 Å². The van der Waals surface area contributed by atoms with Gasteiger partial charge in [-0.25, -0.2) is 9.18 Å². The number of carbonyl (C=O) groups is 3. The van der Waals surface area contributed by atoms with Gasteiger partial charge in [0.15, 0.2) is 0 Å². The van der Waals surface area contributed by atoms with Crippen LogP contribution >= 0.6 is 0 Å². The molecule has 140 valence electrons. The Morgan fingerprint density at radius 3 is 2.56 bits per heavy atom. The summed E-state index contributed by atoms with van der Waals surface area (Å²) >= 11 is 0. The highest BCUT2D eigenvalue weighted by atomic mass is 19.1. The van der Waals surface area contributed by atoms with Crippen LogP contribution in [0.2, 0.25) is 0 Å². The summed E-state index contributed by atoms with van der Waals surface area (Å²) in [5.41, 5.74) is 0.780. The molecule has 7 heteroatoms. The lowest BCUT2D eigenvalue weighted by molar-refractivity contribution is -0.128. The maximum atomic E-state index is 13.0. The maximum Gasteiger partial charge on any atom is 0.340 e. The highest BCUT2D eigenvalue weighted by molar-refractivity contribution is 6.08. The van der Waals surface area contributed by atoms with Crippen molar-refractivity contribution in [2.24, 2.45) is 0 Å². The van der Waals surface area contributed by atoms with Gasteiger partial charge in [0.1, 0.15) is 12.4 Å². The van der Waals surface area contributed by atoms with Gasteiger partial charge >= 0.3 is 5.97 Å². The molecule has 0 unspecified atom stereocenters. The highest BCUT2D eigenvalue weighted by Gasteiger charge is 2.21. The lowest BCUT2D eigenvalue weighted by atomic mass is 10.1. The van der Waals surface area contributed by atoms with Crippen LogP contribution in [0.5, 0.6) is 0 Å². The predicted octanol–water partition coefficient (Wildman–Crippen LogP) is 2.86. The number of halogens is 1. The molecule has 2 amide bonds. The zero-order chi connectivity index (χ0) is 19.2. The van der Waals surface area contributed by atoms with E-state index in [-0.39, 0.29) is 23.6 Å². The molecule has 0 bridgehead atoms. The fourth-order valence-corrected chi connectivity index (χ4v) is 2.83. The van der Waals surface area contributed by atoms with Crippen LogP contribution in [0.3, 0.4) is 0 Å². The molecule has 0 spiro atoms. The molecule has 1 aliphatic heterocycles. The van der Waals surface area contributed by atoms with E-state index in [4.69, 9.17) is 4.74 Å². The Morgan fingerprint density at radius 1 is 1.11 bits per heavy atom. The molecule has 0 atom stereocenters. The summed E-state index contributed by atoms with van der Waals surface area (Å²) in [6, 6.07) is 11.6. The first-order valence-electron chi connectivity index (χ1n) is 8.65. The summed E-state index contributed by atoms with van der Waals surface area (Å²) in [6.07, 6.45) is 1.36. The molecule has 1 saturated heterocycles. The van der Waals surface area contributed by atoms with Crippen LogP contribution in [-0.2, 0) is 9.53 Å². The topological polar surface area (TPSA) is 75.7 Å². The molecule has 1 heterocycles. The average molecular weight is 370 g/mol. The number of likely N-dealkylation sites (tertiary alicyclic amines) is 1. The Bertz CT molecular complexity index is 851. The van der Waals surface area contributed by atoms with E-state index in [2.05, 4.69) is 5.32 Å². The van der Waals surface area contributed by atoms with E-state index < -0.39 is 17.7 Å². The molecule has 6 nitrogen and oxygen atoms in total. The van der Waals surface area contributed by atoms with Gasteiger partial charge in [0, 0.05) is 18.5 Å². The lowest BCUT2D eigenvalue weighted by Crippen LogP contribution is -2.29. The Morgan fingerprint density at radius 2 is 1.85 bits per heavy atom. The van der Waals surface area contributed by atoms with Gasteiger partial charge in [0.2, 0.25) is 5.91 Å². The monoisotopic (exact) mass is 370 g/mol. The van der Waals surface area contributed by atoms with Crippen LogP contribution in [0.1, 0.15) is 33.6 Å². The second-order valence-electron chi connectivity index (χ2n) is 6.13. The first-order chi connectivity index (χ1) is 13.0. The van der Waals surface area contributed by atoms with Crippen molar-refractivity contribution in [2.75, 3.05) is 25.0 Å². The third-order valence-corrected chi connectivity index (χ3v) is 4.27. The van der Waals surface area contributed by atoms with E-state index in [9.17, 15) is 18.8 Å². The van der Waals surface area contributed by atoms with Crippen molar-refractivity contribution in [1.29, 1.82) is 0 Å². The number of amides is 2. The van der Waals surface area contributed by atoms with Gasteiger partial charge < -0.3 is 15.0 Å². The van der Waals surface area contributed by atoms with Crippen molar-refractivity contribution >= 4 is 23.5 Å². The van der Waals surface area contributed by atoms with E-state index in [0.29, 0.717) is 25.2 Å². The van der Waals surface area contributed by atoms with Crippen LogP contribution in [0.15, 0.2) is 48.5 Å².